The SMILES string of the molecule is COC(=O)NC1CCN(C(=O)COc2ccccc2N)C1. The van der Waals surface area contributed by atoms with Crippen molar-refractivity contribution in [2.24, 2.45) is 0 Å². The van der Waals surface area contributed by atoms with Crippen molar-refractivity contribution in [2.75, 3.05) is 32.5 Å². The molecule has 7 nitrogen and oxygen atoms in total. The van der Waals surface area contributed by atoms with Crippen molar-refractivity contribution < 1.29 is 19.1 Å². The van der Waals surface area contributed by atoms with Gasteiger partial charge in [-0.3, -0.25) is 4.79 Å². The van der Waals surface area contributed by atoms with Crippen LogP contribution in [0.4, 0.5) is 10.5 Å². The molecule has 2 amide bonds. The maximum atomic E-state index is 12.0. The number of likely N-dealkylation sites (tertiary alicyclic amines) is 1. The molecule has 1 aromatic rings. The van der Waals surface area contributed by atoms with E-state index in [1.807, 2.05) is 0 Å². The monoisotopic (exact) mass is 293 g/mol. The molecule has 1 saturated heterocycles. The van der Waals surface area contributed by atoms with E-state index in [9.17, 15) is 9.59 Å². The van der Waals surface area contributed by atoms with E-state index in [1.54, 1.807) is 29.2 Å². The van der Waals surface area contributed by atoms with Gasteiger partial charge in [0.05, 0.1) is 18.8 Å². The number of ether oxygens (including phenoxy) is 2. The zero-order valence-electron chi connectivity index (χ0n) is 11.9. The lowest BCUT2D eigenvalue weighted by atomic mass is 10.3. The summed E-state index contributed by atoms with van der Waals surface area (Å²) in [6.45, 7) is 0.974. The van der Waals surface area contributed by atoms with Crippen LogP contribution in [0, 0.1) is 0 Å². The first-order valence-electron chi connectivity index (χ1n) is 6.69. The number of nitrogens with zero attached hydrogens (tertiary/aromatic N) is 1. The van der Waals surface area contributed by atoms with E-state index in [0.29, 0.717) is 30.9 Å². The van der Waals surface area contributed by atoms with E-state index in [0.717, 1.165) is 0 Å². The van der Waals surface area contributed by atoms with Crippen LogP contribution < -0.4 is 15.8 Å². The summed E-state index contributed by atoms with van der Waals surface area (Å²) in [5.74, 6) is 0.363. The third-order valence-electron chi connectivity index (χ3n) is 3.32. The number of alkyl carbamates (subject to hydrolysis) is 1. The van der Waals surface area contributed by atoms with Crippen molar-refractivity contribution in [3.05, 3.63) is 24.3 Å². The Balaban J connectivity index is 1.80. The van der Waals surface area contributed by atoms with Gasteiger partial charge in [-0.05, 0) is 18.6 Å². The maximum absolute atomic E-state index is 12.0. The van der Waals surface area contributed by atoms with Gasteiger partial charge >= 0.3 is 6.09 Å². The van der Waals surface area contributed by atoms with Crippen LogP contribution in [0.5, 0.6) is 5.75 Å². The summed E-state index contributed by atoms with van der Waals surface area (Å²) >= 11 is 0. The van der Waals surface area contributed by atoms with E-state index < -0.39 is 6.09 Å². The smallest absolute Gasteiger partial charge is 0.407 e. The minimum absolute atomic E-state index is 0.0703. The normalized spacial score (nSPS) is 17.4. The summed E-state index contributed by atoms with van der Waals surface area (Å²) in [4.78, 5) is 24.8. The number of methoxy groups -OCH3 is 1. The molecule has 0 bridgehead atoms. The van der Waals surface area contributed by atoms with Gasteiger partial charge in [0.25, 0.3) is 5.91 Å². The third kappa shape index (κ3) is 4.01. The molecule has 0 spiro atoms. The quantitative estimate of drug-likeness (QED) is 0.793. The Hall–Kier alpha value is -2.44. The van der Waals surface area contributed by atoms with E-state index in [2.05, 4.69) is 10.1 Å². The summed E-state index contributed by atoms with van der Waals surface area (Å²) in [5, 5.41) is 2.68. The van der Waals surface area contributed by atoms with Crippen LogP contribution in [0.25, 0.3) is 0 Å². The van der Waals surface area contributed by atoms with E-state index >= 15 is 0 Å². The molecule has 2 rings (SSSR count). The number of benzene rings is 1. The van der Waals surface area contributed by atoms with Crippen LogP contribution in [-0.4, -0.2) is 49.7 Å². The molecule has 3 N–H and O–H groups in total. The molecule has 21 heavy (non-hydrogen) atoms. The minimum Gasteiger partial charge on any atom is -0.482 e. The van der Waals surface area contributed by atoms with Crippen molar-refractivity contribution in [3.8, 4) is 5.75 Å². The van der Waals surface area contributed by atoms with Crippen molar-refractivity contribution >= 4 is 17.7 Å². The summed E-state index contributed by atoms with van der Waals surface area (Å²) in [5.41, 5.74) is 6.24. The number of rotatable bonds is 4. The number of nitrogens with one attached hydrogen (secondary N) is 1. The van der Waals surface area contributed by atoms with Gasteiger partial charge in [0.15, 0.2) is 6.61 Å². The molecule has 1 aromatic carbocycles. The Bertz CT molecular complexity index is 521. The van der Waals surface area contributed by atoms with Gasteiger partial charge in [-0.1, -0.05) is 12.1 Å². The van der Waals surface area contributed by atoms with E-state index in [1.165, 1.54) is 7.11 Å². The second-order valence-corrected chi connectivity index (χ2v) is 4.79. The van der Waals surface area contributed by atoms with E-state index in [4.69, 9.17) is 10.5 Å². The van der Waals surface area contributed by atoms with Crippen LogP contribution in [0.1, 0.15) is 6.42 Å². The van der Waals surface area contributed by atoms with Crippen molar-refractivity contribution in [1.82, 2.24) is 10.2 Å². The molecule has 1 aliphatic rings. The fourth-order valence-corrected chi connectivity index (χ4v) is 2.17. The van der Waals surface area contributed by atoms with Gasteiger partial charge in [0, 0.05) is 13.1 Å². The molecular weight excluding hydrogens is 274 g/mol. The second kappa shape index (κ2) is 6.83. The van der Waals surface area contributed by atoms with Gasteiger partial charge in [-0.25, -0.2) is 4.79 Å². The number of nitrogens with two attached hydrogens (primary N) is 1. The van der Waals surface area contributed by atoms with Crippen molar-refractivity contribution in [1.29, 1.82) is 0 Å². The van der Waals surface area contributed by atoms with Crippen LogP contribution in [0.2, 0.25) is 0 Å². The number of hydrogen-bond donors (Lipinski definition) is 2. The van der Waals surface area contributed by atoms with Crippen LogP contribution in [0.3, 0.4) is 0 Å². The number of para-hydroxylation sites is 2. The standard InChI is InChI=1S/C14H19N3O4/c1-20-14(19)16-10-6-7-17(8-10)13(18)9-21-12-5-3-2-4-11(12)15/h2-5,10H,6-9,15H2,1H3,(H,16,19). The highest BCUT2D eigenvalue weighted by Gasteiger charge is 2.27. The number of hydrogen-bond acceptors (Lipinski definition) is 5. The highest BCUT2D eigenvalue weighted by atomic mass is 16.5. The average molecular weight is 293 g/mol. The number of carbonyl (C=O) groups excluding carboxylic acids is 2. The van der Waals surface area contributed by atoms with Gasteiger partial charge < -0.3 is 25.4 Å². The molecule has 1 heterocycles. The minimum atomic E-state index is -0.484. The lowest BCUT2D eigenvalue weighted by Crippen LogP contribution is -2.39. The zero-order chi connectivity index (χ0) is 15.2. The third-order valence-corrected chi connectivity index (χ3v) is 3.32. The Morgan fingerprint density at radius 3 is 2.90 bits per heavy atom. The number of amides is 2. The first kappa shape index (κ1) is 15.0. The first-order valence-corrected chi connectivity index (χ1v) is 6.69. The lowest BCUT2D eigenvalue weighted by Gasteiger charge is -2.17. The first-order chi connectivity index (χ1) is 10.1. The second-order valence-electron chi connectivity index (χ2n) is 4.79. The molecule has 1 atom stereocenters. The number of nitrogen functional groups attached to an aromatic ring is 1. The van der Waals surface area contributed by atoms with Crippen molar-refractivity contribution in [2.45, 2.75) is 12.5 Å². The Morgan fingerprint density at radius 2 is 2.19 bits per heavy atom. The molecular formula is C14H19N3O4. The van der Waals surface area contributed by atoms with Crippen LogP contribution in [-0.2, 0) is 9.53 Å². The summed E-state index contributed by atoms with van der Waals surface area (Å²) < 4.78 is 9.95. The molecule has 0 aliphatic carbocycles. The molecule has 0 radical (unpaired) electrons. The summed E-state index contributed by atoms with van der Waals surface area (Å²) in [7, 11) is 1.31. The summed E-state index contributed by atoms with van der Waals surface area (Å²) in [6.07, 6.45) is 0.219. The highest BCUT2D eigenvalue weighted by Crippen LogP contribution is 2.20. The lowest BCUT2D eigenvalue weighted by molar-refractivity contribution is -0.132. The highest BCUT2D eigenvalue weighted by molar-refractivity contribution is 5.78. The van der Waals surface area contributed by atoms with Gasteiger partial charge in [-0.2, -0.15) is 0 Å². The zero-order valence-corrected chi connectivity index (χ0v) is 11.9. The topological polar surface area (TPSA) is 93.9 Å². The van der Waals surface area contributed by atoms with Crippen LogP contribution in [0.15, 0.2) is 24.3 Å². The predicted molar refractivity (Wildman–Crippen MR) is 76.9 cm³/mol. The van der Waals surface area contributed by atoms with E-state index in [-0.39, 0.29) is 18.6 Å². The Morgan fingerprint density at radius 1 is 1.43 bits per heavy atom. The average Bonchev–Trinajstić information content (AvgIpc) is 2.94. The van der Waals surface area contributed by atoms with Crippen molar-refractivity contribution in [3.63, 3.8) is 0 Å². The molecule has 0 aromatic heterocycles. The summed E-state index contributed by atoms with van der Waals surface area (Å²) in [6, 6.07) is 6.94. The van der Waals surface area contributed by atoms with Crippen LogP contribution >= 0.6 is 0 Å². The molecule has 1 fully saturated rings. The molecule has 114 valence electrons. The number of carbonyl (C=O) groups is 2. The van der Waals surface area contributed by atoms with Gasteiger partial charge in [-0.15, -0.1) is 0 Å². The molecule has 1 aliphatic heterocycles. The largest absolute Gasteiger partial charge is 0.482 e. The Labute approximate surface area is 123 Å². The molecule has 7 heteroatoms. The Kier molecular flexibility index (Phi) is 4.86. The van der Waals surface area contributed by atoms with Gasteiger partial charge in [0.2, 0.25) is 0 Å². The fourth-order valence-electron chi connectivity index (χ4n) is 2.17. The predicted octanol–water partition coefficient (Wildman–Crippen LogP) is 0.604. The van der Waals surface area contributed by atoms with Gasteiger partial charge in [0.1, 0.15) is 5.75 Å². The maximum Gasteiger partial charge on any atom is 0.407 e. The molecule has 1 unspecified atom stereocenters. The number of anilines is 1. The fraction of sp³-hybridized carbons (Fsp3) is 0.429. The molecule has 0 saturated carbocycles.